The number of nitrogens with one attached hydrogen (secondary N) is 1. The molecular formula is C33H45N5O3S. The van der Waals surface area contributed by atoms with Gasteiger partial charge in [-0.05, 0) is 74.5 Å². The zero-order chi connectivity index (χ0) is 30.3. The first kappa shape index (κ1) is 30.4. The Labute approximate surface area is 254 Å². The monoisotopic (exact) mass is 591 g/mol. The molecule has 3 heterocycles. The van der Waals surface area contributed by atoms with E-state index in [1.807, 2.05) is 4.90 Å². The van der Waals surface area contributed by atoms with E-state index < -0.39 is 17.7 Å². The summed E-state index contributed by atoms with van der Waals surface area (Å²) in [5.41, 5.74) is 5.62. The van der Waals surface area contributed by atoms with Crippen molar-refractivity contribution in [1.29, 1.82) is 0 Å². The Morgan fingerprint density at radius 1 is 1.10 bits per heavy atom. The van der Waals surface area contributed by atoms with Gasteiger partial charge in [0.05, 0.1) is 17.2 Å². The summed E-state index contributed by atoms with van der Waals surface area (Å²) >= 11 is 1.72. The molecule has 1 aromatic heterocycles. The quantitative estimate of drug-likeness (QED) is 0.408. The number of thiazole rings is 1. The third-order valence-corrected chi connectivity index (χ3v) is 9.86. The fourth-order valence-electron chi connectivity index (χ4n) is 6.24. The highest BCUT2D eigenvalue weighted by Crippen LogP contribution is 2.47. The zero-order valence-electron chi connectivity index (χ0n) is 26.1. The predicted molar refractivity (Wildman–Crippen MR) is 170 cm³/mol. The van der Waals surface area contributed by atoms with Gasteiger partial charge in [0.15, 0.2) is 0 Å². The maximum atomic E-state index is 13.6. The number of carbonyl (C=O) groups excluding carboxylic acids is 2. The van der Waals surface area contributed by atoms with Crippen LogP contribution in [0, 0.1) is 0 Å². The minimum absolute atomic E-state index is 0.103. The first-order valence-corrected chi connectivity index (χ1v) is 16.0. The summed E-state index contributed by atoms with van der Waals surface area (Å²) in [6.07, 6.45) is 5.30. The number of amides is 2. The molecule has 42 heavy (non-hydrogen) atoms. The molecule has 0 bridgehead atoms. The Morgan fingerprint density at radius 3 is 2.43 bits per heavy atom. The number of alkyl carbamates (subject to hydrolysis) is 1. The summed E-state index contributed by atoms with van der Waals surface area (Å²) in [6, 6.07) is 6.19. The lowest BCUT2D eigenvalue weighted by molar-refractivity contribution is -0.134. The van der Waals surface area contributed by atoms with Gasteiger partial charge in [-0.2, -0.15) is 0 Å². The van der Waals surface area contributed by atoms with Gasteiger partial charge in [-0.25, -0.2) is 14.8 Å². The number of rotatable bonds is 6. The summed E-state index contributed by atoms with van der Waals surface area (Å²) in [5, 5.41) is 6.11. The van der Waals surface area contributed by atoms with Crippen LogP contribution in [0.4, 0.5) is 4.79 Å². The molecule has 2 aliphatic heterocycles. The fraction of sp³-hybridized carbons (Fsp3) is 0.606. The van der Waals surface area contributed by atoms with Crippen LogP contribution in [-0.4, -0.2) is 65.2 Å². The van der Waals surface area contributed by atoms with E-state index >= 15 is 0 Å². The first-order valence-electron chi connectivity index (χ1n) is 15.1. The van der Waals surface area contributed by atoms with Crippen LogP contribution in [0.1, 0.15) is 103 Å². The number of aromatic nitrogens is 1. The topological polar surface area (TPSA) is 96.2 Å². The second-order valence-electron chi connectivity index (χ2n) is 14.3. The predicted octanol–water partition coefficient (Wildman–Crippen LogP) is 6.63. The summed E-state index contributed by atoms with van der Waals surface area (Å²) < 4.78 is 5.44. The number of nitrogens with zero attached hydrogens (tertiary/aromatic N) is 4. The fourth-order valence-corrected chi connectivity index (χ4v) is 7.24. The van der Waals surface area contributed by atoms with Crippen LogP contribution in [0.25, 0.3) is 11.3 Å². The van der Waals surface area contributed by atoms with E-state index in [9.17, 15) is 9.59 Å². The number of ether oxygens (including phenoxy) is 1. The number of piperidine rings is 1. The Balaban J connectivity index is 1.24. The summed E-state index contributed by atoms with van der Waals surface area (Å²) in [7, 11) is 0. The van der Waals surface area contributed by atoms with Gasteiger partial charge in [0.25, 0.3) is 0 Å². The number of aliphatic imine (C=N–C) groups is 2. The molecule has 2 aromatic rings. The molecule has 9 heteroatoms. The second-order valence-corrected chi connectivity index (χ2v) is 15.1. The SMILES string of the molecule is CC(C)(C)OC(=O)N[C@H](CC1=NC=NC1)C(=O)N1CCC(c2nc(-c3ccc4c(c3)C(C)(C)CCC4(C)C)cs2)CC1. The van der Waals surface area contributed by atoms with Crippen molar-refractivity contribution >= 4 is 35.4 Å². The summed E-state index contributed by atoms with van der Waals surface area (Å²) in [6.45, 7) is 16.5. The number of likely N-dealkylation sites (tertiary alicyclic amines) is 1. The van der Waals surface area contributed by atoms with Crippen LogP contribution < -0.4 is 5.32 Å². The minimum atomic E-state index is -0.735. The third-order valence-electron chi connectivity index (χ3n) is 8.85. The lowest BCUT2D eigenvalue weighted by atomic mass is 9.63. The van der Waals surface area contributed by atoms with Gasteiger partial charge in [0.2, 0.25) is 5.91 Å². The van der Waals surface area contributed by atoms with Crippen LogP contribution in [-0.2, 0) is 20.4 Å². The Morgan fingerprint density at radius 2 is 1.79 bits per heavy atom. The van der Waals surface area contributed by atoms with Crippen molar-refractivity contribution in [2.75, 3.05) is 19.6 Å². The molecule has 5 rings (SSSR count). The van der Waals surface area contributed by atoms with Crippen LogP contribution >= 0.6 is 11.3 Å². The average molecular weight is 592 g/mol. The van der Waals surface area contributed by atoms with E-state index in [0.29, 0.717) is 32.0 Å². The Hall–Kier alpha value is -3.07. The van der Waals surface area contributed by atoms with E-state index in [4.69, 9.17) is 9.72 Å². The Bertz CT molecular complexity index is 1390. The molecule has 3 aliphatic rings. The molecule has 1 fully saturated rings. The molecule has 0 spiro atoms. The van der Waals surface area contributed by atoms with Gasteiger partial charge >= 0.3 is 6.09 Å². The van der Waals surface area contributed by atoms with Gasteiger partial charge in [0, 0.05) is 42.1 Å². The van der Waals surface area contributed by atoms with Crippen molar-refractivity contribution in [3.63, 3.8) is 0 Å². The highest BCUT2D eigenvalue weighted by Gasteiger charge is 2.37. The van der Waals surface area contributed by atoms with Gasteiger partial charge in [-0.3, -0.25) is 9.79 Å². The number of carbonyl (C=O) groups is 2. The highest BCUT2D eigenvalue weighted by molar-refractivity contribution is 7.10. The van der Waals surface area contributed by atoms with Crippen molar-refractivity contribution in [2.45, 2.75) is 109 Å². The second kappa shape index (κ2) is 11.5. The average Bonchev–Trinajstić information content (AvgIpc) is 3.62. The maximum absolute atomic E-state index is 13.6. The molecule has 2 amide bonds. The van der Waals surface area contributed by atoms with Crippen molar-refractivity contribution in [3.05, 3.63) is 39.7 Å². The van der Waals surface area contributed by atoms with E-state index in [2.05, 4.69) is 66.6 Å². The van der Waals surface area contributed by atoms with Crippen LogP contribution in [0.2, 0.25) is 0 Å². The minimum Gasteiger partial charge on any atom is -0.444 e. The normalized spacial score (nSPS) is 20.5. The van der Waals surface area contributed by atoms with E-state index in [-0.39, 0.29) is 16.7 Å². The summed E-state index contributed by atoms with van der Waals surface area (Å²) in [5.74, 6) is 0.207. The molecule has 8 nitrogen and oxygen atoms in total. The molecule has 1 aliphatic carbocycles. The number of fused-ring (bicyclic) bond motifs is 1. The van der Waals surface area contributed by atoms with Crippen molar-refractivity contribution in [1.82, 2.24) is 15.2 Å². The smallest absolute Gasteiger partial charge is 0.408 e. The molecular weight excluding hydrogens is 546 g/mol. The zero-order valence-corrected chi connectivity index (χ0v) is 26.9. The molecule has 0 saturated carbocycles. The molecule has 1 atom stereocenters. The lowest BCUT2D eigenvalue weighted by Crippen LogP contribution is -2.52. The lowest BCUT2D eigenvalue weighted by Gasteiger charge is -2.42. The highest BCUT2D eigenvalue weighted by atomic mass is 32.1. The van der Waals surface area contributed by atoms with Crippen molar-refractivity contribution in [2.24, 2.45) is 9.98 Å². The molecule has 1 N–H and O–H groups in total. The Kier molecular flexibility index (Phi) is 8.36. The van der Waals surface area contributed by atoms with E-state index in [1.54, 1.807) is 32.1 Å². The molecule has 226 valence electrons. The number of benzene rings is 1. The molecule has 1 saturated heterocycles. The van der Waals surface area contributed by atoms with E-state index in [0.717, 1.165) is 29.3 Å². The maximum Gasteiger partial charge on any atom is 0.408 e. The standard InChI is InChI=1S/C33H45N5O3S/c1-31(2,3)41-30(40)37-26(17-23-18-34-20-35-23)29(39)38-14-10-21(11-15-38)28-36-27(19-42-28)22-8-9-24-25(16-22)33(6,7)13-12-32(24,4)5/h8-9,16,19-21,26H,10-15,17-18H2,1-7H3,(H,37,40)/t26-/m1/s1. The van der Waals surface area contributed by atoms with E-state index in [1.165, 1.54) is 35.9 Å². The van der Waals surface area contributed by atoms with Crippen LogP contribution in [0.5, 0.6) is 0 Å². The largest absolute Gasteiger partial charge is 0.444 e. The van der Waals surface area contributed by atoms with Crippen molar-refractivity contribution < 1.29 is 14.3 Å². The van der Waals surface area contributed by atoms with Gasteiger partial charge in [-0.15, -0.1) is 11.3 Å². The van der Waals surface area contributed by atoms with Gasteiger partial charge in [-0.1, -0.05) is 39.8 Å². The van der Waals surface area contributed by atoms with Gasteiger partial charge < -0.3 is 15.0 Å². The summed E-state index contributed by atoms with van der Waals surface area (Å²) in [4.78, 5) is 41.5. The number of hydrogen-bond acceptors (Lipinski definition) is 7. The van der Waals surface area contributed by atoms with Crippen LogP contribution in [0.15, 0.2) is 33.6 Å². The van der Waals surface area contributed by atoms with Crippen LogP contribution in [0.3, 0.4) is 0 Å². The third kappa shape index (κ3) is 6.77. The van der Waals surface area contributed by atoms with Crippen molar-refractivity contribution in [3.8, 4) is 11.3 Å². The molecule has 1 aromatic carbocycles. The first-order chi connectivity index (χ1) is 19.7. The molecule has 0 radical (unpaired) electrons. The number of hydrogen-bond donors (Lipinski definition) is 1. The van der Waals surface area contributed by atoms with Gasteiger partial charge in [0.1, 0.15) is 18.0 Å². The molecule has 0 unspecified atom stereocenters.